The van der Waals surface area contributed by atoms with E-state index in [2.05, 4.69) is 20.6 Å². The summed E-state index contributed by atoms with van der Waals surface area (Å²) in [6, 6.07) is 10.2. The molecule has 2 aromatic rings. The highest BCUT2D eigenvalue weighted by Crippen LogP contribution is 2.35. The van der Waals surface area contributed by atoms with Gasteiger partial charge < -0.3 is 10.6 Å². The van der Waals surface area contributed by atoms with Crippen LogP contribution in [0, 0.1) is 0 Å². The van der Waals surface area contributed by atoms with E-state index in [1.165, 1.54) is 11.8 Å². The summed E-state index contributed by atoms with van der Waals surface area (Å²) in [5.74, 6) is -0.0189. The number of benzene rings is 1. The fraction of sp³-hybridized carbons (Fsp3) is 0.278. The Morgan fingerprint density at radius 3 is 2.86 bits per heavy atom. The molecule has 1 fully saturated rings. The molecule has 3 heterocycles. The minimum Gasteiger partial charge on any atom is -0.346 e. The lowest BCUT2D eigenvalue weighted by molar-refractivity contribution is 0.0950. The third kappa shape index (κ3) is 4.31. The predicted molar refractivity (Wildman–Crippen MR) is 112 cm³/mol. The highest BCUT2D eigenvalue weighted by atomic mass is 35.5. The Balaban J connectivity index is 1.43. The minimum atomic E-state index is -3.00. The summed E-state index contributed by atoms with van der Waals surface area (Å²) in [5, 5.41) is 6.97. The summed E-state index contributed by atoms with van der Waals surface area (Å²) in [6.45, 7) is 0.325. The van der Waals surface area contributed by atoms with Crippen LogP contribution < -0.4 is 10.6 Å². The number of anilines is 1. The number of hydrogen-bond donors (Lipinski definition) is 2. The van der Waals surface area contributed by atoms with Crippen LogP contribution in [0.2, 0.25) is 5.02 Å². The number of aromatic nitrogens is 1. The SMILES string of the molecule is O=C(NCc1ccccn1)c1ccc(Cl)c(NC2=N[C@H]3CS(=O)(=O)C[C@H]3S2)c1. The summed E-state index contributed by atoms with van der Waals surface area (Å²) in [4.78, 5) is 21.1. The van der Waals surface area contributed by atoms with E-state index in [0.29, 0.717) is 28.0 Å². The molecule has 0 unspecified atom stereocenters. The summed E-state index contributed by atoms with van der Waals surface area (Å²) in [6.07, 6.45) is 1.67. The lowest BCUT2D eigenvalue weighted by Gasteiger charge is -2.11. The molecule has 4 rings (SSSR count). The third-order valence-corrected chi connectivity index (χ3v) is 7.92. The van der Waals surface area contributed by atoms with Gasteiger partial charge in [0.25, 0.3) is 5.91 Å². The van der Waals surface area contributed by atoms with Crippen molar-refractivity contribution in [3.8, 4) is 0 Å². The number of amides is 1. The van der Waals surface area contributed by atoms with E-state index in [1.807, 2.05) is 18.2 Å². The standard InChI is InChI=1S/C18H17ClN4O3S2/c19-13-5-4-11(17(24)21-8-12-3-1-2-6-20-12)7-14(13)22-18-23-15-9-28(25,26)10-16(15)27-18/h1-7,15-16H,8-10H2,(H,21,24)(H,22,23)/t15-,16+/m0/s1. The van der Waals surface area contributed by atoms with E-state index in [0.717, 1.165) is 5.69 Å². The van der Waals surface area contributed by atoms with Crippen molar-refractivity contribution in [2.75, 3.05) is 16.8 Å². The first-order chi connectivity index (χ1) is 13.4. The quantitative estimate of drug-likeness (QED) is 0.763. The number of pyridine rings is 1. The number of amidine groups is 1. The van der Waals surface area contributed by atoms with Crippen molar-refractivity contribution in [2.24, 2.45) is 4.99 Å². The molecular formula is C18H17ClN4O3S2. The Morgan fingerprint density at radius 2 is 2.11 bits per heavy atom. The van der Waals surface area contributed by atoms with Gasteiger partial charge in [0.05, 0.1) is 40.5 Å². The summed E-state index contributed by atoms with van der Waals surface area (Å²) < 4.78 is 23.3. The molecule has 1 saturated heterocycles. The minimum absolute atomic E-state index is 0.0591. The number of hydrogen-bond acceptors (Lipinski definition) is 7. The zero-order valence-corrected chi connectivity index (χ0v) is 17.0. The molecule has 1 aromatic heterocycles. The zero-order valence-electron chi connectivity index (χ0n) is 14.6. The molecule has 1 aromatic carbocycles. The maximum Gasteiger partial charge on any atom is 0.251 e. The van der Waals surface area contributed by atoms with Gasteiger partial charge in [0.15, 0.2) is 15.0 Å². The molecule has 2 atom stereocenters. The summed E-state index contributed by atoms with van der Waals surface area (Å²) in [5.41, 5.74) is 1.77. The molecule has 28 heavy (non-hydrogen) atoms. The number of nitrogens with zero attached hydrogens (tertiary/aromatic N) is 2. The van der Waals surface area contributed by atoms with Gasteiger partial charge in [-0.25, -0.2) is 8.42 Å². The fourth-order valence-corrected chi connectivity index (χ4v) is 6.90. The fourth-order valence-electron chi connectivity index (χ4n) is 3.07. The van der Waals surface area contributed by atoms with Crippen LogP contribution in [-0.2, 0) is 16.4 Å². The van der Waals surface area contributed by atoms with Gasteiger partial charge in [-0.15, -0.1) is 0 Å². The number of rotatable bonds is 4. The Morgan fingerprint density at radius 1 is 1.25 bits per heavy atom. The first-order valence-electron chi connectivity index (χ1n) is 8.59. The first-order valence-corrected chi connectivity index (χ1v) is 11.7. The number of nitrogens with one attached hydrogen (secondary N) is 2. The monoisotopic (exact) mass is 436 g/mol. The largest absolute Gasteiger partial charge is 0.346 e. The van der Waals surface area contributed by atoms with Crippen molar-refractivity contribution in [3.63, 3.8) is 0 Å². The van der Waals surface area contributed by atoms with E-state index in [1.54, 1.807) is 24.4 Å². The van der Waals surface area contributed by atoms with Crippen LogP contribution in [0.4, 0.5) is 5.69 Å². The second-order valence-electron chi connectivity index (χ2n) is 6.56. The van der Waals surface area contributed by atoms with Crippen molar-refractivity contribution in [1.82, 2.24) is 10.3 Å². The first kappa shape index (κ1) is 19.2. The number of thioether (sulfide) groups is 1. The molecule has 1 amide bonds. The van der Waals surface area contributed by atoms with Crippen LogP contribution >= 0.6 is 23.4 Å². The van der Waals surface area contributed by atoms with Crippen molar-refractivity contribution in [1.29, 1.82) is 0 Å². The molecule has 0 aliphatic carbocycles. The lowest BCUT2D eigenvalue weighted by Crippen LogP contribution is -2.23. The molecule has 2 N–H and O–H groups in total. The average molecular weight is 437 g/mol. The van der Waals surface area contributed by atoms with Crippen molar-refractivity contribution in [2.45, 2.75) is 17.8 Å². The Labute approximate surface area is 171 Å². The Hall–Kier alpha value is -2.10. The van der Waals surface area contributed by atoms with E-state index < -0.39 is 9.84 Å². The molecule has 2 aliphatic heterocycles. The van der Waals surface area contributed by atoms with Gasteiger partial charge in [0.2, 0.25) is 0 Å². The van der Waals surface area contributed by atoms with Gasteiger partial charge in [-0.05, 0) is 30.3 Å². The lowest BCUT2D eigenvalue weighted by atomic mass is 10.2. The van der Waals surface area contributed by atoms with Crippen molar-refractivity contribution < 1.29 is 13.2 Å². The van der Waals surface area contributed by atoms with Gasteiger partial charge in [-0.3, -0.25) is 14.8 Å². The molecule has 0 radical (unpaired) electrons. The average Bonchev–Trinajstić information content (AvgIpc) is 3.15. The zero-order chi connectivity index (χ0) is 19.7. The van der Waals surface area contributed by atoms with Crippen molar-refractivity contribution >= 4 is 50.0 Å². The molecule has 0 saturated carbocycles. The molecule has 10 heteroatoms. The molecule has 0 bridgehead atoms. The topological polar surface area (TPSA) is 101 Å². The van der Waals surface area contributed by atoms with Crippen LogP contribution in [0.5, 0.6) is 0 Å². The number of carbonyl (C=O) groups excluding carboxylic acids is 1. The van der Waals surface area contributed by atoms with Crippen LogP contribution in [0.15, 0.2) is 47.6 Å². The van der Waals surface area contributed by atoms with Crippen LogP contribution in [0.1, 0.15) is 16.1 Å². The molecule has 7 nitrogen and oxygen atoms in total. The molecular weight excluding hydrogens is 420 g/mol. The second-order valence-corrected chi connectivity index (χ2v) is 10.3. The van der Waals surface area contributed by atoms with Crippen molar-refractivity contribution in [3.05, 3.63) is 58.9 Å². The van der Waals surface area contributed by atoms with Crippen LogP contribution in [0.25, 0.3) is 0 Å². The number of halogens is 1. The molecule has 146 valence electrons. The van der Waals surface area contributed by atoms with E-state index in [4.69, 9.17) is 11.6 Å². The number of fused-ring (bicyclic) bond motifs is 1. The molecule has 0 spiro atoms. The van der Waals surface area contributed by atoms with E-state index in [9.17, 15) is 13.2 Å². The number of sulfone groups is 1. The number of carbonyl (C=O) groups is 1. The van der Waals surface area contributed by atoms with Gasteiger partial charge >= 0.3 is 0 Å². The van der Waals surface area contributed by atoms with Gasteiger partial charge in [-0.2, -0.15) is 0 Å². The highest BCUT2D eigenvalue weighted by Gasteiger charge is 2.42. The summed E-state index contributed by atoms with van der Waals surface area (Å²) >= 11 is 7.66. The van der Waals surface area contributed by atoms with E-state index in [-0.39, 0.29) is 28.7 Å². The second kappa shape index (κ2) is 7.73. The normalized spacial score (nSPS) is 22.4. The highest BCUT2D eigenvalue weighted by molar-refractivity contribution is 8.15. The van der Waals surface area contributed by atoms with E-state index >= 15 is 0 Å². The summed E-state index contributed by atoms with van der Waals surface area (Å²) in [7, 11) is -3.00. The maximum absolute atomic E-state index is 12.4. The van der Waals surface area contributed by atoms with Crippen LogP contribution in [0.3, 0.4) is 0 Å². The smallest absolute Gasteiger partial charge is 0.251 e. The van der Waals surface area contributed by atoms with Gasteiger partial charge in [0.1, 0.15) is 0 Å². The van der Waals surface area contributed by atoms with Crippen LogP contribution in [-0.4, -0.2) is 47.3 Å². The number of aliphatic imine (C=N–C) groups is 1. The van der Waals surface area contributed by atoms with Gasteiger partial charge in [0, 0.05) is 17.0 Å². The van der Waals surface area contributed by atoms with Gasteiger partial charge in [-0.1, -0.05) is 29.4 Å². The Bertz CT molecular complexity index is 1040. The Kier molecular flexibility index (Phi) is 5.31. The molecule has 2 aliphatic rings. The third-order valence-electron chi connectivity index (χ3n) is 4.44. The maximum atomic E-state index is 12.4. The predicted octanol–water partition coefficient (Wildman–Crippen LogP) is 2.35.